The minimum atomic E-state index is -5.84. The first kappa shape index (κ1) is 31.8. The van der Waals surface area contributed by atoms with E-state index in [2.05, 4.69) is 19.8 Å². The standard InChI is InChI=1S/C28H32F3N3O6S/c1-17(2)12-20(26(36)32-3)15-25(35)24(34-27(37)21-14-19-6-4-5-7-23(19)33-16-21)13-18-8-10-22(11-9-18)40-41(38,39)28(29,30)31/h4-11,14,16-17,20,24-25,35H,12-13,15H2,1-3H3,(H,32,36)(H,34,37). The van der Waals surface area contributed by atoms with Crippen molar-refractivity contribution in [1.82, 2.24) is 15.6 Å². The minimum absolute atomic E-state index is 0.0162. The van der Waals surface area contributed by atoms with Crippen LogP contribution in [0.5, 0.6) is 5.75 Å². The van der Waals surface area contributed by atoms with Gasteiger partial charge in [0.05, 0.1) is 23.2 Å². The average molecular weight is 596 g/mol. The van der Waals surface area contributed by atoms with Gasteiger partial charge in [-0.25, -0.2) is 0 Å². The minimum Gasteiger partial charge on any atom is -0.391 e. The number of hydrogen-bond donors (Lipinski definition) is 3. The van der Waals surface area contributed by atoms with Gasteiger partial charge in [0.25, 0.3) is 5.91 Å². The molecule has 0 fully saturated rings. The molecule has 0 radical (unpaired) electrons. The molecule has 3 aromatic rings. The van der Waals surface area contributed by atoms with E-state index < -0.39 is 45.3 Å². The second kappa shape index (κ2) is 13.3. The number of hydrogen-bond acceptors (Lipinski definition) is 7. The van der Waals surface area contributed by atoms with Crippen LogP contribution in [0.1, 0.15) is 42.6 Å². The van der Waals surface area contributed by atoms with Crippen LogP contribution in [0, 0.1) is 11.8 Å². The molecule has 0 aliphatic rings. The van der Waals surface area contributed by atoms with Crippen molar-refractivity contribution in [3.63, 3.8) is 0 Å². The molecule has 0 aliphatic carbocycles. The predicted molar refractivity (Wildman–Crippen MR) is 146 cm³/mol. The van der Waals surface area contributed by atoms with Crippen molar-refractivity contribution in [3.05, 3.63) is 71.9 Å². The molecule has 0 spiro atoms. The Kier molecular flexibility index (Phi) is 10.3. The molecule has 3 atom stereocenters. The molecular formula is C28H32F3N3O6S. The number of rotatable bonds is 12. The lowest BCUT2D eigenvalue weighted by Gasteiger charge is -2.28. The number of carbonyl (C=O) groups is 2. The molecule has 2 aromatic carbocycles. The van der Waals surface area contributed by atoms with Crippen LogP contribution in [0.2, 0.25) is 0 Å². The first-order chi connectivity index (χ1) is 19.2. The lowest BCUT2D eigenvalue weighted by atomic mass is 9.87. The third-order valence-corrected chi connectivity index (χ3v) is 7.38. The van der Waals surface area contributed by atoms with E-state index in [1.54, 1.807) is 24.3 Å². The maximum atomic E-state index is 13.2. The summed E-state index contributed by atoms with van der Waals surface area (Å²) in [5.41, 5.74) is -4.19. The zero-order valence-corrected chi connectivity index (χ0v) is 23.5. The number of aliphatic hydroxyl groups is 1. The summed E-state index contributed by atoms with van der Waals surface area (Å²) in [4.78, 5) is 30.0. The molecule has 2 amide bonds. The molecule has 3 N–H and O–H groups in total. The number of halogens is 3. The van der Waals surface area contributed by atoms with E-state index in [0.29, 0.717) is 17.5 Å². The van der Waals surface area contributed by atoms with Gasteiger partial charge in [-0.1, -0.05) is 44.2 Å². The average Bonchev–Trinajstić information content (AvgIpc) is 2.91. The fourth-order valence-corrected chi connectivity index (χ4v) is 4.84. The van der Waals surface area contributed by atoms with E-state index in [0.717, 1.165) is 17.5 Å². The van der Waals surface area contributed by atoms with Gasteiger partial charge in [-0.15, -0.1) is 0 Å². The number of fused-ring (bicyclic) bond motifs is 1. The predicted octanol–water partition coefficient (Wildman–Crippen LogP) is 3.96. The highest BCUT2D eigenvalue weighted by Gasteiger charge is 2.48. The Balaban J connectivity index is 1.85. The molecule has 3 rings (SSSR count). The second-order valence-corrected chi connectivity index (χ2v) is 11.6. The summed E-state index contributed by atoms with van der Waals surface area (Å²) in [5.74, 6) is -1.72. The van der Waals surface area contributed by atoms with Crippen LogP contribution < -0.4 is 14.8 Å². The number of amides is 2. The lowest BCUT2D eigenvalue weighted by Crippen LogP contribution is -2.46. The number of alkyl halides is 3. The molecular weight excluding hydrogens is 563 g/mol. The van der Waals surface area contributed by atoms with Crippen LogP contribution in [-0.2, 0) is 21.3 Å². The zero-order valence-electron chi connectivity index (χ0n) is 22.7. The fourth-order valence-electron chi connectivity index (χ4n) is 4.38. The molecule has 0 saturated carbocycles. The van der Waals surface area contributed by atoms with Gasteiger partial charge in [-0.3, -0.25) is 14.6 Å². The van der Waals surface area contributed by atoms with Gasteiger partial charge >= 0.3 is 15.6 Å². The Bertz CT molecular complexity index is 1460. The van der Waals surface area contributed by atoms with Crippen molar-refractivity contribution in [2.24, 2.45) is 11.8 Å². The van der Waals surface area contributed by atoms with Crippen molar-refractivity contribution in [2.45, 2.75) is 50.8 Å². The molecule has 1 heterocycles. The van der Waals surface area contributed by atoms with E-state index >= 15 is 0 Å². The first-order valence-corrected chi connectivity index (χ1v) is 14.3. The molecule has 0 bridgehead atoms. The Morgan fingerprint density at radius 1 is 1.05 bits per heavy atom. The molecule has 222 valence electrons. The van der Waals surface area contributed by atoms with Crippen LogP contribution >= 0.6 is 0 Å². The quantitative estimate of drug-likeness (QED) is 0.213. The summed E-state index contributed by atoms with van der Waals surface area (Å²) < 4.78 is 64.7. The smallest absolute Gasteiger partial charge is 0.391 e. The fraction of sp³-hybridized carbons (Fsp3) is 0.393. The van der Waals surface area contributed by atoms with Gasteiger partial charge in [0, 0.05) is 24.5 Å². The number of nitrogens with zero attached hydrogens (tertiary/aromatic N) is 1. The van der Waals surface area contributed by atoms with Crippen molar-refractivity contribution in [3.8, 4) is 5.75 Å². The van der Waals surface area contributed by atoms with Crippen molar-refractivity contribution < 1.29 is 40.5 Å². The summed E-state index contributed by atoms with van der Waals surface area (Å²) in [6.45, 7) is 3.88. The van der Waals surface area contributed by atoms with Crippen LogP contribution in [0.15, 0.2) is 60.8 Å². The SMILES string of the molecule is CNC(=O)C(CC(C)C)CC(O)C(Cc1ccc(OS(=O)(=O)C(F)(F)F)cc1)NC(=O)c1cnc2ccccc2c1. The Hall–Kier alpha value is -3.71. The van der Waals surface area contributed by atoms with Gasteiger partial charge in [-0.2, -0.15) is 21.6 Å². The molecule has 0 aliphatic heterocycles. The van der Waals surface area contributed by atoms with Gasteiger partial charge in [0.2, 0.25) is 5.91 Å². The van der Waals surface area contributed by atoms with Crippen LogP contribution in [0.25, 0.3) is 10.9 Å². The van der Waals surface area contributed by atoms with E-state index in [9.17, 15) is 36.3 Å². The summed E-state index contributed by atoms with van der Waals surface area (Å²) in [7, 11) is -4.34. The number of nitrogens with one attached hydrogen (secondary N) is 2. The highest BCUT2D eigenvalue weighted by molar-refractivity contribution is 7.88. The van der Waals surface area contributed by atoms with E-state index in [1.165, 1.54) is 25.4 Å². The molecule has 3 unspecified atom stereocenters. The summed E-state index contributed by atoms with van der Waals surface area (Å²) in [6.07, 6.45) is 0.758. The van der Waals surface area contributed by atoms with E-state index in [4.69, 9.17) is 0 Å². The zero-order chi connectivity index (χ0) is 30.4. The van der Waals surface area contributed by atoms with Gasteiger partial charge in [-0.05, 0) is 55.0 Å². The number of carbonyl (C=O) groups excluding carboxylic acids is 2. The summed E-state index contributed by atoms with van der Waals surface area (Å²) in [5, 5.41) is 17.4. The monoisotopic (exact) mass is 595 g/mol. The van der Waals surface area contributed by atoms with E-state index in [-0.39, 0.29) is 30.2 Å². The highest BCUT2D eigenvalue weighted by atomic mass is 32.2. The normalized spacial score (nSPS) is 14.3. The summed E-state index contributed by atoms with van der Waals surface area (Å²) >= 11 is 0. The largest absolute Gasteiger partial charge is 0.534 e. The van der Waals surface area contributed by atoms with Crippen molar-refractivity contribution in [2.75, 3.05) is 7.05 Å². The highest BCUT2D eigenvalue weighted by Crippen LogP contribution is 2.27. The Morgan fingerprint density at radius 3 is 2.32 bits per heavy atom. The maximum Gasteiger partial charge on any atom is 0.534 e. The van der Waals surface area contributed by atoms with Crippen molar-refractivity contribution >= 4 is 32.8 Å². The van der Waals surface area contributed by atoms with Gasteiger partial charge in [0.15, 0.2) is 0 Å². The van der Waals surface area contributed by atoms with Crippen LogP contribution in [0.3, 0.4) is 0 Å². The number of benzene rings is 2. The maximum absolute atomic E-state index is 13.2. The molecule has 1 aromatic heterocycles. The molecule has 9 nitrogen and oxygen atoms in total. The third-order valence-electron chi connectivity index (χ3n) is 6.40. The molecule has 41 heavy (non-hydrogen) atoms. The van der Waals surface area contributed by atoms with Crippen LogP contribution in [-0.4, -0.2) is 55.0 Å². The number of para-hydroxylation sites is 1. The molecule has 0 saturated heterocycles. The number of pyridine rings is 1. The second-order valence-electron chi connectivity index (χ2n) is 10.1. The topological polar surface area (TPSA) is 135 Å². The number of aromatic nitrogens is 1. The molecule has 13 heteroatoms. The number of aliphatic hydroxyl groups excluding tert-OH is 1. The van der Waals surface area contributed by atoms with Gasteiger partial charge in [0.1, 0.15) is 5.75 Å². The Morgan fingerprint density at radius 2 is 1.71 bits per heavy atom. The third kappa shape index (κ3) is 8.64. The van der Waals surface area contributed by atoms with E-state index in [1.807, 2.05) is 19.9 Å². The Labute approximate surface area is 236 Å². The lowest BCUT2D eigenvalue weighted by molar-refractivity contribution is -0.126. The van der Waals surface area contributed by atoms with Crippen LogP contribution in [0.4, 0.5) is 13.2 Å². The first-order valence-electron chi connectivity index (χ1n) is 12.8. The summed E-state index contributed by atoms with van der Waals surface area (Å²) in [6, 6.07) is 12.7. The van der Waals surface area contributed by atoms with Gasteiger partial charge < -0.3 is 19.9 Å². The van der Waals surface area contributed by atoms with Crippen molar-refractivity contribution in [1.29, 1.82) is 0 Å².